The highest BCUT2D eigenvalue weighted by Gasteiger charge is 2.30. The number of allylic oxidation sites excluding steroid dienone is 4. The summed E-state index contributed by atoms with van der Waals surface area (Å²) in [5.74, 6) is 0. The topological polar surface area (TPSA) is 68.3 Å². The Bertz CT molecular complexity index is 574. The normalized spacial score (nSPS) is 22.1. The summed E-state index contributed by atoms with van der Waals surface area (Å²) in [6, 6.07) is 0. The van der Waals surface area contributed by atoms with Gasteiger partial charge in [0.2, 0.25) is 10.3 Å². The van der Waals surface area contributed by atoms with Crippen molar-refractivity contribution >= 4 is 57.5 Å². The molecule has 1 unspecified atom stereocenters. The summed E-state index contributed by atoms with van der Waals surface area (Å²) < 4.78 is 43.3. The Morgan fingerprint density at radius 1 is 1.40 bits per heavy atom. The maximum Gasteiger partial charge on any atom is 0.258 e. The zero-order valence-electron chi connectivity index (χ0n) is 7.44. The summed E-state index contributed by atoms with van der Waals surface area (Å²) in [6.07, 6.45) is 2.75. The van der Waals surface area contributed by atoms with Crippen LogP contribution in [0.4, 0.5) is 0 Å². The van der Waals surface area contributed by atoms with Crippen LogP contribution in [0.3, 0.4) is 0 Å². The molecule has 1 atom stereocenters. The molecule has 0 radical (unpaired) electrons. The van der Waals surface area contributed by atoms with Gasteiger partial charge < -0.3 is 0 Å². The van der Waals surface area contributed by atoms with Gasteiger partial charge in [0.25, 0.3) is 9.05 Å². The predicted octanol–water partition coefficient (Wildman–Crippen LogP) is 1.25. The molecule has 0 saturated heterocycles. The van der Waals surface area contributed by atoms with E-state index < -0.39 is 23.3 Å². The third kappa shape index (κ3) is 2.83. The van der Waals surface area contributed by atoms with Crippen LogP contribution < -0.4 is 0 Å². The molecule has 0 fully saturated rings. The van der Waals surface area contributed by atoms with Gasteiger partial charge in [0, 0.05) is 10.7 Å². The summed E-state index contributed by atoms with van der Waals surface area (Å²) in [5.41, 5.74) is 0.520. The van der Waals surface area contributed by atoms with Crippen LogP contribution in [0.15, 0.2) is 22.6 Å². The van der Waals surface area contributed by atoms with E-state index in [-0.39, 0.29) is 9.77 Å². The summed E-state index contributed by atoms with van der Waals surface area (Å²) in [7, 11) is -1.14. The van der Waals surface area contributed by atoms with E-state index in [0.717, 1.165) is 0 Å². The average molecular weight is 381 g/mol. The van der Waals surface area contributed by atoms with E-state index in [0.29, 0.717) is 5.57 Å². The van der Waals surface area contributed by atoms with Crippen molar-refractivity contribution in [1.82, 2.24) is 0 Å². The maximum atomic E-state index is 11.1. The highest BCUT2D eigenvalue weighted by Crippen LogP contribution is 2.29. The number of hydrogen-bond acceptors (Lipinski definition) is 4. The van der Waals surface area contributed by atoms with E-state index in [2.05, 4.69) is 0 Å². The molecular formula is C7H6ClIO4S2. The zero-order valence-corrected chi connectivity index (χ0v) is 12.0. The molecule has 0 aromatic rings. The minimum Gasteiger partial charge on any atom is -0.207 e. The molecule has 15 heavy (non-hydrogen) atoms. The molecule has 0 amide bonds. The van der Waals surface area contributed by atoms with E-state index in [1.165, 1.54) is 12.2 Å². The number of hydrogen-bond donors (Lipinski definition) is 0. The lowest BCUT2D eigenvalue weighted by molar-refractivity contribution is 0.614. The fourth-order valence-electron chi connectivity index (χ4n) is 1.12. The molecule has 0 heterocycles. The lowest BCUT2D eigenvalue weighted by Gasteiger charge is -2.16. The van der Waals surface area contributed by atoms with Gasteiger partial charge in [0.1, 0.15) is 0 Å². The lowest BCUT2D eigenvalue weighted by Crippen LogP contribution is -2.24. The fraction of sp³-hybridized carbons (Fsp3) is 0.286. The van der Waals surface area contributed by atoms with Crippen molar-refractivity contribution in [1.29, 1.82) is 0 Å². The highest BCUT2D eigenvalue weighted by atomic mass is 127. The van der Waals surface area contributed by atoms with Gasteiger partial charge >= 0.3 is 0 Å². The summed E-state index contributed by atoms with van der Waals surface area (Å²) >= 11 is 1.73. The van der Waals surface area contributed by atoms with Crippen LogP contribution in [0.2, 0.25) is 0 Å². The van der Waals surface area contributed by atoms with Crippen LogP contribution in [0.1, 0.15) is 6.92 Å². The second kappa shape index (κ2) is 4.56. The first-order chi connectivity index (χ1) is 6.75. The third-order valence-electron chi connectivity index (χ3n) is 1.83. The molecule has 4 nitrogen and oxygen atoms in total. The van der Waals surface area contributed by atoms with Gasteiger partial charge in [-0.2, -0.15) is 8.42 Å². The Morgan fingerprint density at radius 2 is 1.93 bits per heavy atom. The first kappa shape index (κ1) is 13.2. The van der Waals surface area contributed by atoms with E-state index in [1.54, 1.807) is 29.5 Å². The average Bonchev–Trinajstić information content (AvgIpc) is 2.00. The molecule has 0 aromatic carbocycles. The molecule has 0 saturated carbocycles. The smallest absolute Gasteiger partial charge is 0.207 e. The van der Waals surface area contributed by atoms with Crippen molar-refractivity contribution in [2.24, 2.45) is 0 Å². The van der Waals surface area contributed by atoms with Gasteiger partial charge in [-0.3, -0.25) is 0 Å². The molecule has 0 N–H and O–H groups in total. The molecule has 1 rings (SSSR count). The molecule has 0 aliphatic heterocycles. The molecular weight excluding hydrogens is 375 g/mol. The van der Waals surface area contributed by atoms with E-state index >= 15 is 0 Å². The van der Waals surface area contributed by atoms with Crippen molar-refractivity contribution < 1.29 is 16.8 Å². The molecule has 0 aromatic heterocycles. The Kier molecular flexibility index (Phi) is 4.01. The lowest BCUT2D eigenvalue weighted by atomic mass is 10.1. The fourth-order valence-corrected chi connectivity index (χ4v) is 5.62. The van der Waals surface area contributed by atoms with E-state index in [4.69, 9.17) is 10.7 Å². The third-order valence-corrected chi connectivity index (χ3v) is 6.35. The summed E-state index contributed by atoms with van der Waals surface area (Å²) in [5, 5.41) is 0. The molecule has 84 valence electrons. The second-order valence-electron chi connectivity index (χ2n) is 2.82. The number of halogens is 2. The minimum atomic E-state index is -3.88. The molecule has 0 bridgehead atoms. The van der Waals surface area contributed by atoms with Crippen LogP contribution in [-0.2, 0) is 19.3 Å². The molecule has 1 aliphatic carbocycles. The Balaban J connectivity index is 3.50. The van der Waals surface area contributed by atoms with Gasteiger partial charge in [-0.1, -0.05) is 28.7 Å². The van der Waals surface area contributed by atoms with Crippen molar-refractivity contribution in [3.05, 3.63) is 22.6 Å². The van der Waals surface area contributed by atoms with E-state index in [1.807, 2.05) is 0 Å². The van der Waals surface area contributed by atoms with Crippen molar-refractivity contribution in [3.8, 4) is 0 Å². The van der Waals surface area contributed by atoms with E-state index in [9.17, 15) is 16.8 Å². The molecule has 8 heteroatoms. The maximum absolute atomic E-state index is 11.1. The standard InChI is InChI=1S/C7H6ClIO4S2/c1-4-2-3-5(15(8,12)13)6(9)7(4)14(10)11/h2-3,6H,1H3. The second-order valence-corrected chi connectivity index (χ2v) is 7.54. The predicted molar refractivity (Wildman–Crippen MR) is 68.3 cm³/mol. The van der Waals surface area contributed by atoms with Crippen LogP contribution >= 0.6 is 33.3 Å². The van der Waals surface area contributed by atoms with Crippen LogP contribution in [0.5, 0.6) is 0 Å². The quantitative estimate of drug-likeness (QED) is 0.297. The zero-order chi connectivity index (χ0) is 11.8. The Morgan fingerprint density at radius 3 is 2.33 bits per heavy atom. The monoisotopic (exact) mass is 380 g/mol. The largest absolute Gasteiger partial charge is 0.258 e. The summed E-state index contributed by atoms with van der Waals surface area (Å²) in [4.78, 5) is -0.0492. The SMILES string of the molecule is CC1=CC=C(S(=O)(=O)Cl)C(I)C1=S(=O)=O. The highest BCUT2D eigenvalue weighted by molar-refractivity contribution is 14.1. The summed E-state index contributed by atoms with van der Waals surface area (Å²) in [6.45, 7) is 1.60. The molecule has 0 spiro atoms. The Labute approximate surface area is 107 Å². The van der Waals surface area contributed by atoms with Gasteiger partial charge in [0.05, 0.1) is 13.7 Å². The van der Waals surface area contributed by atoms with Crippen LogP contribution in [0.25, 0.3) is 0 Å². The molecule has 1 aliphatic rings. The first-order valence-corrected chi connectivity index (χ1v) is 8.32. The number of rotatable bonds is 1. The Hall–Kier alpha value is 0.140. The van der Waals surface area contributed by atoms with Crippen molar-refractivity contribution in [3.63, 3.8) is 0 Å². The van der Waals surface area contributed by atoms with Crippen molar-refractivity contribution in [2.45, 2.75) is 10.8 Å². The van der Waals surface area contributed by atoms with Crippen LogP contribution in [0, 0.1) is 0 Å². The van der Waals surface area contributed by atoms with Gasteiger partial charge in [-0.25, -0.2) is 8.42 Å². The number of alkyl halides is 1. The van der Waals surface area contributed by atoms with Crippen LogP contribution in [-0.4, -0.2) is 25.6 Å². The van der Waals surface area contributed by atoms with Crippen molar-refractivity contribution in [2.75, 3.05) is 0 Å². The first-order valence-electron chi connectivity index (χ1n) is 3.69. The minimum absolute atomic E-state index is 0.0531. The van der Waals surface area contributed by atoms with Gasteiger partial charge in [-0.15, -0.1) is 0 Å². The van der Waals surface area contributed by atoms with Gasteiger partial charge in [-0.05, 0) is 18.6 Å². The van der Waals surface area contributed by atoms with Gasteiger partial charge in [0.15, 0.2) is 0 Å².